The highest BCUT2D eigenvalue weighted by molar-refractivity contribution is 5.76. The van der Waals surface area contributed by atoms with Crippen molar-refractivity contribution in [2.24, 2.45) is 5.92 Å². The third kappa shape index (κ3) is 5.17. The van der Waals surface area contributed by atoms with Crippen molar-refractivity contribution < 1.29 is 19.4 Å². The lowest BCUT2D eigenvalue weighted by Crippen LogP contribution is -2.33. The number of methoxy groups -OCH3 is 1. The van der Waals surface area contributed by atoms with Gasteiger partial charge in [-0.3, -0.25) is 9.59 Å². The van der Waals surface area contributed by atoms with E-state index in [0.29, 0.717) is 25.9 Å². The minimum absolute atomic E-state index is 0.0251. The molecular formula is C12H21NO4. The van der Waals surface area contributed by atoms with E-state index in [1.807, 2.05) is 0 Å². The fourth-order valence-electron chi connectivity index (χ4n) is 2.17. The predicted molar refractivity (Wildman–Crippen MR) is 62.6 cm³/mol. The van der Waals surface area contributed by atoms with Gasteiger partial charge in [-0.15, -0.1) is 0 Å². The first-order valence-corrected chi connectivity index (χ1v) is 6.14. The van der Waals surface area contributed by atoms with Crippen molar-refractivity contribution >= 4 is 11.9 Å². The summed E-state index contributed by atoms with van der Waals surface area (Å²) in [5.74, 6) is -1.01. The number of nitrogens with one attached hydrogen (secondary N) is 1. The molecule has 1 aliphatic carbocycles. The highest BCUT2D eigenvalue weighted by Crippen LogP contribution is 2.25. The second-order valence-corrected chi connectivity index (χ2v) is 4.56. The monoisotopic (exact) mass is 243 g/mol. The zero-order valence-electron chi connectivity index (χ0n) is 10.3. The SMILES string of the molecule is COCCCCC(=O)N[C@H]1CC[C@@H](C(=O)O)C1. The number of aliphatic carboxylic acids is 1. The van der Waals surface area contributed by atoms with E-state index in [0.717, 1.165) is 19.3 Å². The van der Waals surface area contributed by atoms with Crippen LogP contribution in [0.2, 0.25) is 0 Å². The summed E-state index contributed by atoms with van der Waals surface area (Å²) < 4.78 is 4.90. The van der Waals surface area contributed by atoms with Gasteiger partial charge in [0.05, 0.1) is 5.92 Å². The third-order valence-electron chi connectivity index (χ3n) is 3.15. The number of hydrogen-bond donors (Lipinski definition) is 2. The summed E-state index contributed by atoms with van der Waals surface area (Å²) in [6, 6.07) is 0.0472. The van der Waals surface area contributed by atoms with Crippen molar-refractivity contribution in [2.45, 2.75) is 44.6 Å². The van der Waals surface area contributed by atoms with Crippen LogP contribution >= 0.6 is 0 Å². The molecule has 1 rings (SSSR count). The zero-order valence-corrected chi connectivity index (χ0v) is 10.3. The van der Waals surface area contributed by atoms with Gasteiger partial charge in [-0.05, 0) is 32.1 Å². The molecule has 1 amide bonds. The molecule has 5 heteroatoms. The Morgan fingerprint density at radius 1 is 1.35 bits per heavy atom. The zero-order chi connectivity index (χ0) is 12.7. The van der Waals surface area contributed by atoms with Gasteiger partial charge in [0.2, 0.25) is 5.91 Å². The lowest BCUT2D eigenvalue weighted by Gasteiger charge is -2.12. The van der Waals surface area contributed by atoms with Crippen LogP contribution in [0.4, 0.5) is 0 Å². The number of hydrogen-bond acceptors (Lipinski definition) is 3. The summed E-state index contributed by atoms with van der Waals surface area (Å²) in [5, 5.41) is 11.7. The van der Waals surface area contributed by atoms with Gasteiger partial charge in [-0.25, -0.2) is 0 Å². The highest BCUT2D eigenvalue weighted by Gasteiger charge is 2.30. The lowest BCUT2D eigenvalue weighted by atomic mass is 10.1. The molecular weight excluding hydrogens is 222 g/mol. The molecule has 0 spiro atoms. The van der Waals surface area contributed by atoms with Crippen molar-refractivity contribution in [2.75, 3.05) is 13.7 Å². The molecule has 0 heterocycles. The maximum atomic E-state index is 11.5. The van der Waals surface area contributed by atoms with Gasteiger partial charge in [-0.2, -0.15) is 0 Å². The van der Waals surface area contributed by atoms with Crippen molar-refractivity contribution in [1.29, 1.82) is 0 Å². The lowest BCUT2D eigenvalue weighted by molar-refractivity contribution is -0.141. The number of ether oxygens (including phenoxy) is 1. The fourth-order valence-corrected chi connectivity index (χ4v) is 2.17. The van der Waals surface area contributed by atoms with Crippen LogP contribution in [0, 0.1) is 5.92 Å². The summed E-state index contributed by atoms with van der Waals surface area (Å²) in [6.07, 6.45) is 4.21. The Labute approximate surface area is 102 Å². The molecule has 5 nitrogen and oxygen atoms in total. The molecule has 0 radical (unpaired) electrons. The quantitative estimate of drug-likeness (QED) is 0.658. The number of amides is 1. The van der Waals surface area contributed by atoms with E-state index in [2.05, 4.69) is 5.32 Å². The van der Waals surface area contributed by atoms with Gasteiger partial charge in [0.15, 0.2) is 0 Å². The number of carbonyl (C=O) groups excluding carboxylic acids is 1. The molecule has 2 atom stereocenters. The Kier molecular flexibility index (Phi) is 5.97. The maximum absolute atomic E-state index is 11.5. The molecule has 0 aromatic heterocycles. The first kappa shape index (κ1) is 14.0. The normalized spacial score (nSPS) is 23.6. The van der Waals surface area contributed by atoms with Gasteiger partial charge in [0.25, 0.3) is 0 Å². The Morgan fingerprint density at radius 3 is 2.71 bits per heavy atom. The largest absolute Gasteiger partial charge is 0.481 e. The Balaban J connectivity index is 2.13. The average Bonchev–Trinajstić information content (AvgIpc) is 2.73. The molecule has 0 aliphatic heterocycles. The molecule has 0 saturated heterocycles. The molecule has 0 aromatic carbocycles. The minimum Gasteiger partial charge on any atom is -0.481 e. The molecule has 17 heavy (non-hydrogen) atoms. The minimum atomic E-state index is -0.748. The average molecular weight is 243 g/mol. The van der Waals surface area contributed by atoms with Crippen LogP contribution in [-0.4, -0.2) is 36.7 Å². The van der Waals surface area contributed by atoms with E-state index in [1.54, 1.807) is 7.11 Å². The van der Waals surface area contributed by atoms with Crippen molar-refractivity contribution in [3.63, 3.8) is 0 Å². The van der Waals surface area contributed by atoms with Gasteiger partial charge < -0.3 is 15.2 Å². The molecule has 1 aliphatic rings. The Hall–Kier alpha value is -1.10. The second-order valence-electron chi connectivity index (χ2n) is 4.56. The molecule has 2 N–H and O–H groups in total. The molecule has 98 valence electrons. The van der Waals surface area contributed by atoms with E-state index in [9.17, 15) is 9.59 Å². The second kappa shape index (κ2) is 7.27. The van der Waals surface area contributed by atoms with Gasteiger partial charge in [-0.1, -0.05) is 0 Å². The summed E-state index contributed by atoms with van der Waals surface area (Å²) >= 11 is 0. The van der Waals surface area contributed by atoms with Crippen LogP contribution < -0.4 is 5.32 Å². The molecule has 0 bridgehead atoms. The topological polar surface area (TPSA) is 75.6 Å². The number of rotatable bonds is 7. The van der Waals surface area contributed by atoms with E-state index in [-0.39, 0.29) is 17.9 Å². The summed E-state index contributed by atoms with van der Waals surface area (Å²) in [7, 11) is 1.64. The number of carboxylic acids is 1. The molecule has 0 unspecified atom stereocenters. The van der Waals surface area contributed by atoms with Gasteiger partial charge in [0, 0.05) is 26.2 Å². The van der Waals surface area contributed by atoms with Crippen LogP contribution in [0.15, 0.2) is 0 Å². The first-order valence-electron chi connectivity index (χ1n) is 6.14. The smallest absolute Gasteiger partial charge is 0.306 e. The van der Waals surface area contributed by atoms with Crippen molar-refractivity contribution in [1.82, 2.24) is 5.32 Å². The van der Waals surface area contributed by atoms with Crippen LogP contribution in [0.5, 0.6) is 0 Å². The van der Waals surface area contributed by atoms with Crippen LogP contribution in [0.1, 0.15) is 38.5 Å². The third-order valence-corrected chi connectivity index (χ3v) is 3.15. The Morgan fingerprint density at radius 2 is 2.12 bits per heavy atom. The van der Waals surface area contributed by atoms with Crippen LogP contribution in [0.25, 0.3) is 0 Å². The maximum Gasteiger partial charge on any atom is 0.306 e. The summed E-state index contributed by atoms with van der Waals surface area (Å²) in [4.78, 5) is 22.3. The van der Waals surface area contributed by atoms with Crippen molar-refractivity contribution in [3.05, 3.63) is 0 Å². The van der Waals surface area contributed by atoms with Crippen LogP contribution in [-0.2, 0) is 14.3 Å². The van der Waals surface area contributed by atoms with Gasteiger partial charge in [0.1, 0.15) is 0 Å². The number of carbonyl (C=O) groups is 2. The number of unbranched alkanes of at least 4 members (excludes halogenated alkanes) is 1. The number of carboxylic acid groups (broad SMARTS) is 1. The molecule has 1 saturated carbocycles. The van der Waals surface area contributed by atoms with Gasteiger partial charge >= 0.3 is 5.97 Å². The molecule has 0 aromatic rings. The highest BCUT2D eigenvalue weighted by atomic mass is 16.5. The summed E-state index contributed by atoms with van der Waals surface area (Å²) in [5.41, 5.74) is 0. The molecule has 1 fully saturated rings. The van der Waals surface area contributed by atoms with E-state index >= 15 is 0 Å². The van der Waals surface area contributed by atoms with Crippen molar-refractivity contribution in [3.8, 4) is 0 Å². The van der Waals surface area contributed by atoms with E-state index < -0.39 is 5.97 Å². The standard InChI is InChI=1S/C12H21NO4/c1-17-7-3-2-4-11(14)13-10-6-5-9(8-10)12(15)16/h9-10H,2-8H2,1H3,(H,13,14)(H,15,16)/t9-,10+/m1/s1. The predicted octanol–water partition coefficient (Wildman–Crippen LogP) is 1.17. The van der Waals surface area contributed by atoms with Crippen LogP contribution in [0.3, 0.4) is 0 Å². The van der Waals surface area contributed by atoms with E-state index in [1.165, 1.54) is 0 Å². The van der Waals surface area contributed by atoms with E-state index in [4.69, 9.17) is 9.84 Å². The summed E-state index contributed by atoms with van der Waals surface area (Å²) in [6.45, 7) is 0.678. The first-order chi connectivity index (χ1) is 8.13. The Bertz CT molecular complexity index is 267. The fraction of sp³-hybridized carbons (Fsp3) is 0.833.